The Morgan fingerprint density at radius 1 is 0.971 bits per heavy atom. The van der Waals surface area contributed by atoms with Crippen LogP contribution in [-0.2, 0) is 6.61 Å². The second-order valence-electron chi connectivity index (χ2n) is 7.31. The van der Waals surface area contributed by atoms with Crippen molar-refractivity contribution < 1.29 is 27.5 Å². The molecule has 2 amide bonds. The maximum Gasteiger partial charge on any atom is 0.405 e. The first-order valence-corrected chi connectivity index (χ1v) is 10.2. The Bertz CT molecular complexity index is 1300. The van der Waals surface area contributed by atoms with Crippen LogP contribution in [0.5, 0.6) is 5.75 Å². The highest BCUT2D eigenvalue weighted by molar-refractivity contribution is 6.09. The van der Waals surface area contributed by atoms with Crippen LogP contribution >= 0.6 is 0 Å². The Balaban J connectivity index is 1.43. The summed E-state index contributed by atoms with van der Waals surface area (Å²) in [5.41, 5.74) is 1.74. The van der Waals surface area contributed by atoms with Gasteiger partial charge in [0.05, 0.1) is 16.9 Å². The second-order valence-corrected chi connectivity index (χ2v) is 7.31. The molecule has 0 bridgehead atoms. The molecule has 34 heavy (non-hydrogen) atoms. The molecule has 0 saturated heterocycles. The van der Waals surface area contributed by atoms with Gasteiger partial charge in [-0.25, -0.2) is 4.98 Å². The Labute approximate surface area is 192 Å². The van der Waals surface area contributed by atoms with Gasteiger partial charge in [-0.2, -0.15) is 13.2 Å². The van der Waals surface area contributed by atoms with E-state index in [1.807, 2.05) is 35.0 Å². The van der Waals surface area contributed by atoms with E-state index in [1.165, 1.54) is 24.3 Å². The maximum atomic E-state index is 12.8. The number of anilines is 1. The molecule has 4 aromatic rings. The number of para-hydroxylation sites is 1. The average molecular weight is 468 g/mol. The predicted octanol–water partition coefficient (Wildman–Crippen LogP) is 4.46. The number of nitrogens with one attached hydrogen (secondary N) is 2. The minimum atomic E-state index is -4.54. The maximum absolute atomic E-state index is 12.8. The summed E-state index contributed by atoms with van der Waals surface area (Å²) in [6, 6.07) is 17.9. The highest BCUT2D eigenvalue weighted by atomic mass is 19.4. The molecule has 174 valence electrons. The number of nitrogens with zero attached hydrogens (tertiary/aromatic N) is 2. The number of imidazole rings is 1. The Kier molecular flexibility index (Phi) is 6.48. The molecular formula is C24H19F3N4O3. The van der Waals surface area contributed by atoms with E-state index in [1.54, 1.807) is 29.6 Å². The molecular weight excluding hydrogens is 449 g/mol. The molecule has 4 rings (SSSR count). The van der Waals surface area contributed by atoms with Gasteiger partial charge in [-0.05, 0) is 42.5 Å². The monoisotopic (exact) mass is 468 g/mol. The molecule has 0 aliphatic heterocycles. The van der Waals surface area contributed by atoms with Gasteiger partial charge in [0, 0.05) is 18.0 Å². The van der Waals surface area contributed by atoms with Crippen LogP contribution < -0.4 is 15.4 Å². The third kappa shape index (κ3) is 5.71. The topological polar surface area (TPSA) is 84.7 Å². The summed E-state index contributed by atoms with van der Waals surface area (Å²) < 4.78 is 44.9. The molecule has 0 aliphatic rings. The molecule has 2 aromatic heterocycles. The molecule has 0 aliphatic carbocycles. The van der Waals surface area contributed by atoms with Gasteiger partial charge in [0.25, 0.3) is 11.8 Å². The van der Waals surface area contributed by atoms with Crippen molar-refractivity contribution in [2.45, 2.75) is 12.8 Å². The lowest BCUT2D eigenvalue weighted by Gasteiger charge is -2.13. The molecule has 10 heteroatoms. The number of aromatic nitrogens is 2. The fourth-order valence-electron chi connectivity index (χ4n) is 3.20. The third-order valence-electron chi connectivity index (χ3n) is 4.77. The van der Waals surface area contributed by atoms with Gasteiger partial charge in [0.1, 0.15) is 24.5 Å². The van der Waals surface area contributed by atoms with Gasteiger partial charge < -0.3 is 19.8 Å². The minimum Gasteiger partial charge on any atom is -0.487 e. The predicted molar refractivity (Wildman–Crippen MR) is 119 cm³/mol. The number of hydrogen-bond donors (Lipinski definition) is 2. The molecule has 2 N–H and O–H groups in total. The number of halogens is 3. The van der Waals surface area contributed by atoms with Crippen LogP contribution in [0.15, 0.2) is 79.1 Å². The number of carbonyl (C=O) groups is 2. The lowest BCUT2D eigenvalue weighted by molar-refractivity contribution is -0.123. The quantitative estimate of drug-likeness (QED) is 0.420. The summed E-state index contributed by atoms with van der Waals surface area (Å²) in [5, 5.41) is 4.37. The fourth-order valence-corrected chi connectivity index (χ4v) is 3.20. The molecule has 0 atom stereocenters. The SMILES string of the molecule is O=C(Nc1ccccc1C(=O)NCC(F)(F)F)c1cccc(OCc2cn3ccccc3n2)c1. The third-order valence-corrected chi connectivity index (χ3v) is 4.77. The lowest BCUT2D eigenvalue weighted by Crippen LogP contribution is -2.34. The van der Waals surface area contributed by atoms with Crippen LogP contribution in [0, 0.1) is 0 Å². The van der Waals surface area contributed by atoms with Gasteiger partial charge in [-0.3, -0.25) is 9.59 Å². The first-order valence-electron chi connectivity index (χ1n) is 10.2. The van der Waals surface area contributed by atoms with Crippen molar-refractivity contribution in [2.75, 3.05) is 11.9 Å². The van der Waals surface area contributed by atoms with Crippen molar-refractivity contribution in [1.82, 2.24) is 14.7 Å². The van der Waals surface area contributed by atoms with E-state index in [0.29, 0.717) is 11.4 Å². The number of amides is 2. The highest BCUT2D eigenvalue weighted by Crippen LogP contribution is 2.20. The zero-order valence-corrected chi connectivity index (χ0v) is 17.7. The van der Waals surface area contributed by atoms with E-state index in [2.05, 4.69) is 10.3 Å². The van der Waals surface area contributed by atoms with E-state index in [9.17, 15) is 22.8 Å². The molecule has 2 heterocycles. The van der Waals surface area contributed by atoms with Gasteiger partial charge in [0.2, 0.25) is 0 Å². The largest absolute Gasteiger partial charge is 0.487 e. The van der Waals surface area contributed by atoms with Crippen molar-refractivity contribution in [3.63, 3.8) is 0 Å². The molecule has 0 unspecified atom stereocenters. The Morgan fingerprint density at radius 2 is 1.76 bits per heavy atom. The Hall–Kier alpha value is -4.34. The van der Waals surface area contributed by atoms with Crippen LogP contribution in [0.3, 0.4) is 0 Å². The van der Waals surface area contributed by atoms with Crippen LogP contribution in [-0.4, -0.2) is 33.9 Å². The Morgan fingerprint density at radius 3 is 2.56 bits per heavy atom. The number of fused-ring (bicyclic) bond motifs is 1. The van der Waals surface area contributed by atoms with E-state index in [0.717, 1.165) is 5.65 Å². The summed E-state index contributed by atoms with van der Waals surface area (Å²) in [6.45, 7) is -1.28. The average Bonchev–Trinajstić information content (AvgIpc) is 3.24. The van der Waals surface area contributed by atoms with Crippen LogP contribution in [0.4, 0.5) is 18.9 Å². The molecule has 0 radical (unpaired) electrons. The number of ether oxygens (including phenoxy) is 1. The summed E-state index contributed by atoms with van der Waals surface area (Å²) in [5.74, 6) is -1.06. The fraction of sp³-hybridized carbons (Fsp3) is 0.125. The van der Waals surface area contributed by atoms with Gasteiger partial charge in [-0.15, -0.1) is 0 Å². The first kappa shape index (κ1) is 22.8. The summed E-state index contributed by atoms with van der Waals surface area (Å²) in [4.78, 5) is 29.4. The number of hydrogen-bond acceptors (Lipinski definition) is 4. The van der Waals surface area contributed by atoms with Crippen molar-refractivity contribution in [1.29, 1.82) is 0 Å². The zero-order chi connectivity index (χ0) is 24.1. The number of pyridine rings is 1. The van der Waals surface area contributed by atoms with Crippen molar-refractivity contribution in [3.8, 4) is 5.75 Å². The van der Waals surface area contributed by atoms with Crippen molar-refractivity contribution >= 4 is 23.1 Å². The number of alkyl halides is 3. The highest BCUT2D eigenvalue weighted by Gasteiger charge is 2.28. The van der Waals surface area contributed by atoms with Gasteiger partial charge in [-0.1, -0.05) is 24.3 Å². The normalized spacial score (nSPS) is 11.3. The van der Waals surface area contributed by atoms with Gasteiger partial charge in [0.15, 0.2) is 0 Å². The standard InChI is InChI=1S/C24H19F3N4O3/c25-24(26,27)15-28-23(33)19-8-1-2-9-20(19)30-22(32)16-6-5-7-18(12-16)34-14-17-13-31-11-4-3-10-21(31)29-17/h1-13H,14-15H2,(H,28,33)(H,30,32). The van der Waals surface area contributed by atoms with Crippen LogP contribution in [0.2, 0.25) is 0 Å². The van der Waals surface area contributed by atoms with E-state index < -0.39 is 24.5 Å². The lowest BCUT2D eigenvalue weighted by atomic mass is 10.1. The van der Waals surface area contributed by atoms with E-state index in [4.69, 9.17) is 4.74 Å². The molecule has 2 aromatic carbocycles. The molecule has 0 fully saturated rings. The van der Waals surface area contributed by atoms with Crippen molar-refractivity contribution in [2.24, 2.45) is 0 Å². The van der Waals surface area contributed by atoms with Gasteiger partial charge >= 0.3 is 6.18 Å². The first-order chi connectivity index (χ1) is 16.3. The van der Waals surface area contributed by atoms with E-state index in [-0.39, 0.29) is 23.4 Å². The van der Waals surface area contributed by atoms with Crippen LogP contribution in [0.1, 0.15) is 26.4 Å². The summed E-state index contributed by atoms with van der Waals surface area (Å²) in [7, 11) is 0. The number of rotatable bonds is 7. The molecule has 0 saturated carbocycles. The van der Waals surface area contributed by atoms with Crippen molar-refractivity contribution in [3.05, 3.63) is 95.9 Å². The number of benzene rings is 2. The molecule has 0 spiro atoms. The smallest absolute Gasteiger partial charge is 0.405 e. The zero-order valence-electron chi connectivity index (χ0n) is 17.7. The second kappa shape index (κ2) is 9.65. The molecule has 7 nitrogen and oxygen atoms in total. The minimum absolute atomic E-state index is 0.0839. The summed E-state index contributed by atoms with van der Waals surface area (Å²) in [6.07, 6.45) is -0.831. The summed E-state index contributed by atoms with van der Waals surface area (Å²) >= 11 is 0. The van der Waals surface area contributed by atoms with Crippen LogP contribution in [0.25, 0.3) is 5.65 Å². The van der Waals surface area contributed by atoms with E-state index >= 15 is 0 Å². The number of carbonyl (C=O) groups excluding carboxylic acids is 2.